The topological polar surface area (TPSA) is 64.1 Å². The van der Waals surface area contributed by atoms with Crippen LogP contribution in [-0.4, -0.2) is 22.7 Å². The van der Waals surface area contributed by atoms with Crippen molar-refractivity contribution in [3.8, 4) is 5.75 Å². The van der Waals surface area contributed by atoms with Gasteiger partial charge in [-0.15, -0.1) is 10.2 Å². The zero-order chi connectivity index (χ0) is 15.2. The molecule has 0 spiro atoms. The molecule has 0 fully saturated rings. The number of halogens is 2. The van der Waals surface area contributed by atoms with Crippen molar-refractivity contribution in [3.05, 3.63) is 46.2 Å². The van der Waals surface area contributed by atoms with E-state index in [-0.39, 0.29) is 15.9 Å². The van der Waals surface area contributed by atoms with Crippen LogP contribution in [0.4, 0.5) is 5.69 Å². The van der Waals surface area contributed by atoms with Gasteiger partial charge < -0.3 is 10.1 Å². The zero-order valence-corrected chi connectivity index (χ0v) is 12.8. The summed E-state index contributed by atoms with van der Waals surface area (Å²) in [5, 5.41) is 9.96. The lowest BCUT2D eigenvalue weighted by Gasteiger charge is -2.08. The molecule has 0 unspecified atom stereocenters. The van der Waals surface area contributed by atoms with Gasteiger partial charge in [0.2, 0.25) is 0 Å². The maximum absolute atomic E-state index is 12.1. The largest absolute Gasteiger partial charge is 0.494 e. The summed E-state index contributed by atoms with van der Waals surface area (Å²) in [7, 11) is 0. The third kappa shape index (κ3) is 4.31. The van der Waals surface area contributed by atoms with E-state index in [2.05, 4.69) is 15.5 Å². The Morgan fingerprint density at radius 2 is 1.95 bits per heavy atom. The van der Waals surface area contributed by atoms with Crippen LogP contribution in [0, 0.1) is 0 Å². The predicted octanol–water partition coefficient (Wildman–Crippen LogP) is 3.82. The molecule has 0 aliphatic heterocycles. The van der Waals surface area contributed by atoms with Crippen LogP contribution in [0.2, 0.25) is 10.3 Å². The van der Waals surface area contributed by atoms with Gasteiger partial charge in [-0.3, -0.25) is 4.79 Å². The average Bonchev–Trinajstić information content (AvgIpc) is 2.49. The van der Waals surface area contributed by atoms with Gasteiger partial charge in [0.15, 0.2) is 10.3 Å². The predicted molar refractivity (Wildman–Crippen MR) is 82.2 cm³/mol. The Balaban J connectivity index is 2.07. The number of hydrogen-bond acceptors (Lipinski definition) is 4. The number of aromatic nitrogens is 2. The summed E-state index contributed by atoms with van der Waals surface area (Å²) in [6.07, 6.45) is 0.937. The first-order valence-corrected chi connectivity index (χ1v) is 7.08. The third-order valence-corrected chi connectivity index (χ3v) is 3.01. The van der Waals surface area contributed by atoms with Gasteiger partial charge in [-0.05, 0) is 36.8 Å². The van der Waals surface area contributed by atoms with E-state index >= 15 is 0 Å². The molecular formula is C14H13Cl2N3O2. The molecule has 0 bridgehead atoms. The van der Waals surface area contributed by atoms with E-state index in [0.29, 0.717) is 12.3 Å². The van der Waals surface area contributed by atoms with Gasteiger partial charge in [-0.1, -0.05) is 30.1 Å². The van der Waals surface area contributed by atoms with E-state index in [1.165, 1.54) is 6.07 Å². The van der Waals surface area contributed by atoms with Crippen LogP contribution >= 0.6 is 23.2 Å². The molecule has 21 heavy (non-hydrogen) atoms. The molecule has 1 aromatic carbocycles. The van der Waals surface area contributed by atoms with E-state index in [1.54, 1.807) is 24.3 Å². The highest BCUT2D eigenvalue weighted by molar-refractivity contribution is 6.34. The Morgan fingerprint density at radius 3 is 2.62 bits per heavy atom. The van der Waals surface area contributed by atoms with E-state index in [4.69, 9.17) is 27.9 Å². The monoisotopic (exact) mass is 325 g/mol. The minimum atomic E-state index is -0.404. The van der Waals surface area contributed by atoms with Gasteiger partial charge in [0, 0.05) is 5.69 Å². The first-order chi connectivity index (χ1) is 10.1. The smallest absolute Gasteiger partial charge is 0.258 e. The molecule has 1 heterocycles. The molecule has 1 N–H and O–H groups in total. The molecular weight excluding hydrogens is 313 g/mol. The molecule has 0 saturated heterocycles. The van der Waals surface area contributed by atoms with Crippen LogP contribution < -0.4 is 10.1 Å². The van der Waals surface area contributed by atoms with Crippen molar-refractivity contribution in [2.75, 3.05) is 11.9 Å². The molecule has 7 heteroatoms. The molecule has 1 amide bonds. The highest BCUT2D eigenvalue weighted by Gasteiger charge is 2.13. The van der Waals surface area contributed by atoms with Crippen molar-refractivity contribution in [3.63, 3.8) is 0 Å². The SMILES string of the molecule is CCCOc1ccc(NC(=O)c2cc(Cl)nnc2Cl)cc1. The average molecular weight is 326 g/mol. The van der Waals surface area contributed by atoms with Gasteiger partial charge >= 0.3 is 0 Å². The minimum Gasteiger partial charge on any atom is -0.494 e. The summed E-state index contributed by atoms with van der Waals surface area (Å²) >= 11 is 11.5. The van der Waals surface area contributed by atoms with Gasteiger partial charge in [0.1, 0.15) is 5.75 Å². The number of benzene rings is 1. The molecule has 0 aliphatic rings. The summed E-state index contributed by atoms with van der Waals surface area (Å²) in [4.78, 5) is 12.1. The summed E-state index contributed by atoms with van der Waals surface area (Å²) < 4.78 is 5.47. The van der Waals surface area contributed by atoms with Crippen molar-refractivity contribution in [2.45, 2.75) is 13.3 Å². The number of hydrogen-bond donors (Lipinski definition) is 1. The van der Waals surface area contributed by atoms with E-state index in [0.717, 1.165) is 12.2 Å². The number of carbonyl (C=O) groups excluding carboxylic acids is 1. The Hall–Kier alpha value is -1.85. The number of nitrogens with zero attached hydrogens (tertiary/aromatic N) is 2. The van der Waals surface area contributed by atoms with Crippen molar-refractivity contribution >= 4 is 34.8 Å². The maximum Gasteiger partial charge on any atom is 0.258 e. The Labute approximate surface area is 132 Å². The lowest BCUT2D eigenvalue weighted by molar-refractivity contribution is 0.102. The summed E-state index contributed by atoms with van der Waals surface area (Å²) in [6.45, 7) is 2.69. The normalized spacial score (nSPS) is 10.2. The summed E-state index contributed by atoms with van der Waals surface area (Å²) in [6, 6.07) is 8.42. The van der Waals surface area contributed by atoms with Gasteiger partial charge in [-0.2, -0.15) is 0 Å². The highest BCUT2D eigenvalue weighted by Crippen LogP contribution is 2.19. The number of nitrogens with one attached hydrogen (secondary N) is 1. The summed E-state index contributed by atoms with van der Waals surface area (Å²) in [5.41, 5.74) is 0.788. The molecule has 110 valence electrons. The molecule has 0 aliphatic carbocycles. The van der Waals surface area contributed by atoms with Crippen molar-refractivity contribution < 1.29 is 9.53 Å². The summed E-state index contributed by atoms with van der Waals surface area (Å²) in [5.74, 6) is 0.348. The van der Waals surface area contributed by atoms with Crippen molar-refractivity contribution in [2.24, 2.45) is 0 Å². The lowest BCUT2D eigenvalue weighted by atomic mass is 10.2. The highest BCUT2D eigenvalue weighted by atomic mass is 35.5. The second-order valence-electron chi connectivity index (χ2n) is 4.20. The van der Waals surface area contributed by atoms with Gasteiger partial charge in [0.25, 0.3) is 5.91 Å². The van der Waals surface area contributed by atoms with E-state index in [9.17, 15) is 4.79 Å². The van der Waals surface area contributed by atoms with Crippen LogP contribution in [0.5, 0.6) is 5.75 Å². The molecule has 2 aromatic rings. The Kier molecular flexibility index (Phi) is 5.36. The molecule has 1 aromatic heterocycles. The van der Waals surface area contributed by atoms with Gasteiger partial charge in [0.05, 0.1) is 12.2 Å². The fourth-order valence-electron chi connectivity index (χ4n) is 1.57. The number of carbonyl (C=O) groups is 1. The van der Waals surface area contributed by atoms with Crippen LogP contribution in [-0.2, 0) is 0 Å². The number of ether oxygens (including phenoxy) is 1. The fourth-order valence-corrected chi connectivity index (χ4v) is 1.89. The first-order valence-electron chi connectivity index (χ1n) is 6.33. The molecule has 0 atom stereocenters. The van der Waals surface area contributed by atoms with Crippen LogP contribution in [0.15, 0.2) is 30.3 Å². The molecule has 2 rings (SSSR count). The fraction of sp³-hybridized carbons (Fsp3) is 0.214. The van der Waals surface area contributed by atoms with Crippen LogP contribution in [0.25, 0.3) is 0 Å². The Bertz CT molecular complexity index is 633. The van der Waals surface area contributed by atoms with Gasteiger partial charge in [-0.25, -0.2) is 0 Å². The van der Waals surface area contributed by atoms with Crippen molar-refractivity contribution in [1.29, 1.82) is 0 Å². The van der Waals surface area contributed by atoms with E-state index < -0.39 is 5.91 Å². The second-order valence-corrected chi connectivity index (χ2v) is 4.94. The molecule has 5 nitrogen and oxygen atoms in total. The number of anilines is 1. The lowest BCUT2D eigenvalue weighted by Crippen LogP contribution is -2.13. The minimum absolute atomic E-state index is 0.000186. The zero-order valence-electron chi connectivity index (χ0n) is 11.3. The van der Waals surface area contributed by atoms with Crippen LogP contribution in [0.3, 0.4) is 0 Å². The Morgan fingerprint density at radius 1 is 1.24 bits per heavy atom. The number of amides is 1. The standard InChI is InChI=1S/C14H13Cl2N3O2/c1-2-7-21-10-5-3-9(4-6-10)17-14(20)11-8-12(15)18-19-13(11)16/h3-6,8H,2,7H2,1H3,(H,17,20). The third-order valence-electron chi connectivity index (χ3n) is 2.55. The quantitative estimate of drug-likeness (QED) is 0.907. The molecule has 0 radical (unpaired) electrons. The second kappa shape index (κ2) is 7.24. The number of rotatable bonds is 5. The van der Waals surface area contributed by atoms with Crippen molar-refractivity contribution in [1.82, 2.24) is 10.2 Å². The van der Waals surface area contributed by atoms with Crippen LogP contribution in [0.1, 0.15) is 23.7 Å². The maximum atomic E-state index is 12.1. The first kappa shape index (κ1) is 15.5. The molecule has 0 saturated carbocycles. The van der Waals surface area contributed by atoms with E-state index in [1.807, 2.05) is 6.92 Å².